The summed E-state index contributed by atoms with van der Waals surface area (Å²) in [5, 5.41) is 3.50. The Labute approximate surface area is 122 Å². The van der Waals surface area contributed by atoms with Gasteiger partial charge in [-0.05, 0) is 37.1 Å². The highest BCUT2D eigenvalue weighted by molar-refractivity contribution is 6.29. The van der Waals surface area contributed by atoms with E-state index in [1.54, 1.807) is 6.07 Å². The standard InChI is InChI=1S/C14H16ClN5/c15-12-9-13(19-14(16)18-12)17-10-3-5-11(6-4-10)20-7-1-2-8-20/h3-6,9H,1-2,7-8H2,(H3,16,17,18,19). The van der Waals surface area contributed by atoms with Gasteiger partial charge >= 0.3 is 0 Å². The minimum absolute atomic E-state index is 0.161. The molecule has 5 nitrogen and oxygen atoms in total. The molecule has 0 unspecified atom stereocenters. The van der Waals surface area contributed by atoms with Crippen LogP contribution in [0, 0.1) is 0 Å². The molecule has 0 radical (unpaired) electrons. The van der Waals surface area contributed by atoms with E-state index in [1.807, 2.05) is 12.1 Å². The average Bonchev–Trinajstić information content (AvgIpc) is 2.92. The molecule has 1 aliphatic heterocycles. The largest absolute Gasteiger partial charge is 0.372 e. The van der Waals surface area contributed by atoms with Crippen molar-refractivity contribution in [3.63, 3.8) is 0 Å². The number of nitrogen functional groups attached to an aromatic ring is 1. The lowest BCUT2D eigenvalue weighted by molar-refractivity contribution is 0.949. The Balaban J connectivity index is 1.74. The lowest BCUT2D eigenvalue weighted by atomic mass is 10.2. The Bertz CT molecular complexity index is 573. The fourth-order valence-electron chi connectivity index (χ4n) is 2.38. The van der Waals surface area contributed by atoms with Crippen molar-refractivity contribution in [2.24, 2.45) is 0 Å². The lowest BCUT2D eigenvalue weighted by Gasteiger charge is -2.17. The molecule has 1 fully saturated rings. The number of nitrogens with one attached hydrogen (secondary N) is 1. The first kappa shape index (κ1) is 13.0. The second kappa shape index (κ2) is 5.54. The number of anilines is 4. The molecule has 0 atom stereocenters. The van der Waals surface area contributed by atoms with E-state index in [9.17, 15) is 0 Å². The number of aromatic nitrogens is 2. The summed E-state index contributed by atoms with van der Waals surface area (Å²) >= 11 is 5.85. The molecule has 20 heavy (non-hydrogen) atoms. The summed E-state index contributed by atoms with van der Waals surface area (Å²) in [6, 6.07) is 9.92. The molecule has 6 heteroatoms. The van der Waals surface area contributed by atoms with Crippen LogP contribution in [-0.4, -0.2) is 23.1 Å². The van der Waals surface area contributed by atoms with E-state index in [2.05, 4.69) is 32.3 Å². The molecule has 3 rings (SSSR count). The van der Waals surface area contributed by atoms with Crippen LogP contribution in [0.15, 0.2) is 30.3 Å². The van der Waals surface area contributed by atoms with Gasteiger partial charge in [-0.15, -0.1) is 0 Å². The Hall–Kier alpha value is -2.01. The third kappa shape index (κ3) is 2.93. The normalized spacial score (nSPS) is 14.6. The van der Waals surface area contributed by atoms with Crippen LogP contribution < -0.4 is 16.0 Å². The molecule has 1 aromatic carbocycles. The van der Waals surface area contributed by atoms with E-state index < -0.39 is 0 Å². The van der Waals surface area contributed by atoms with Gasteiger partial charge in [0.15, 0.2) is 0 Å². The molecule has 1 aromatic heterocycles. The highest BCUT2D eigenvalue weighted by Gasteiger charge is 2.11. The minimum atomic E-state index is 0.161. The van der Waals surface area contributed by atoms with Gasteiger partial charge in [0.25, 0.3) is 0 Å². The summed E-state index contributed by atoms with van der Waals surface area (Å²) in [6.45, 7) is 2.29. The van der Waals surface area contributed by atoms with Gasteiger partial charge in [-0.3, -0.25) is 0 Å². The minimum Gasteiger partial charge on any atom is -0.372 e. The number of rotatable bonds is 3. The van der Waals surface area contributed by atoms with Crippen molar-refractivity contribution in [3.8, 4) is 0 Å². The third-order valence-electron chi connectivity index (χ3n) is 3.32. The Morgan fingerprint density at radius 1 is 1.10 bits per heavy atom. The fraction of sp³-hybridized carbons (Fsp3) is 0.286. The zero-order chi connectivity index (χ0) is 13.9. The molecule has 0 spiro atoms. The van der Waals surface area contributed by atoms with E-state index >= 15 is 0 Å². The van der Waals surface area contributed by atoms with E-state index in [0.717, 1.165) is 18.8 Å². The number of halogens is 1. The summed E-state index contributed by atoms with van der Waals surface area (Å²) in [5.74, 6) is 0.755. The predicted molar refractivity (Wildman–Crippen MR) is 82.6 cm³/mol. The quantitative estimate of drug-likeness (QED) is 0.850. The third-order valence-corrected chi connectivity index (χ3v) is 3.52. The van der Waals surface area contributed by atoms with Crippen molar-refractivity contribution in [1.29, 1.82) is 0 Å². The zero-order valence-electron chi connectivity index (χ0n) is 11.0. The molecular weight excluding hydrogens is 274 g/mol. The Kier molecular flexibility index (Phi) is 3.60. The average molecular weight is 290 g/mol. The van der Waals surface area contributed by atoms with Gasteiger partial charge in [-0.25, -0.2) is 4.98 Å². The van der Waals surface area contributed by atoms with Crippen LogP contribution in [0.2, 0.25) is 5.15 Å². The van der Waals surface area contributed by atoms with Crippen LogP contribution >= 0.6 is 11.6 Å². The summed E-state index contributed by atoms with van der Waals surface area (Å²) in [6.07, 6.45) is 2.55. The SMILES string of the molecule is Nc1nc(Cl)cc(Nc2ccc(N3CCCC3)cc2)n1. The number of hydrogen-bond donors (Lipinski definition) is 2. The monoisotopic (exact) mass is 289 g/mol. The second-order valence-corrected chi connectivity index (χ2v) is 5.19. The van der Waals surface area contributed by atoms with Gasteiger partial charge in [0.1, 0.15) is 11.0 Å². The topological polar surface area (TPSA) is 67.1 Å². The maximum absolute atomic E-state index is 5.85. The number of hydrogen-bond acceptors (Lipinski definition) is 5. The van der Waals surface area contributed by atoms with Gasteiger partial charge in [0.2, 0.25) is 5.95 Å². The Morgan fingerprint density at radius 2 is 1.80 bits per heavy atom. The first-order valence-electron chi connectivity index (χ1n) is 6.63. The summed E-state index contributed by atoms with van der Waals surface area (Å²) in [5.41, 5.74) is 7.77. The summed E-state index contributed by atoms with van der Waals surface area (Å²) < 4.78 is 0. The molecular formula is C14H16ClN5. The van der Waals surface area contributed by atoms with Crippen LogP contribution in [0.4, 0.5) is 23.1 Å². The molecule has 0 amide bonds. The van der Waals surface area contributed by atoms with Crippen molar-refractivity contribution in [1.82, 2.24) is 9.97 Å². The molecule has 104 valence electrons. The van der Waals surface area contributed by atoms with E-state index in [1.165, 1.54) is 18.5 Å². The summed E-state index contributed by atoms with van der Waals surface area (Å²) in [4.78, 5) is 10.3. The van der Waals surface area contributed by atoms with Gasteiger partial charge in [0.05, 0.1) is 0 Å². The van der Waals surface area contributed by atoms with Crippen LogP contribution in [0.1, 0.15) is 12.8 Å². The van der Waals surface area contributed by atoms with Crippen molar-refractivity contribution >= 4 is 34.7 Å². The smallest absolute Gasteiger partial charge is 0.223 e. The molecule has 2 heterocycles. The van der Waals surface area contributed by atoms with E-state index in [4.69, 9.17) is 17.3 Å². The summed E-state index contributed by atoms with van der Waals surface area (Å²) in [7, 11) is 0. The second-order valence-electron chi connectivity index (χ2n) is 4.80. The molecule has 3 N–H and O–H groups in total. The van der Waals surface area contributed by atoms with E-state index in [0.29, 0.717) is 11.0 Å². The molecule has 0 aliphatic carbocycles. The van der Waals surface area contributed by atoms with Crippen molar-refractivity contribution in [2.45, 2.75) is 12.8 Å². The van der Waals surface area contributed by atoms with Gasteiger partial charge in [0, 0.05) is 30.5 Å². The maximum Gasteiger partial charge on any atom is 0.223 e. The van der Waals surface area contributed by atoms with Crippen LogP contribution in [0.25, 0.3) is 0 Å². The van der Waals surface area contributed by atoms with Crippen LogP contribution in [0.3, 0.4) is 0 Å². The fourth-order valence-corrected chi connectivity index (χ4v) is 2.57. The first-order valence-corrected chi connectivity index (χ1v) is 7.00. The first-order chi connectivity index (χ1) is 9.70. The highest BCUT2D eigenvalue weighted by Crippen LogP contribution is 2.24. The predicted octanol–water partition coefficient (Wildman–Crippen LogP) is 3.06. The van der Waals surface area contributed by atoms with Gasteiger partial charge < -0.3 is 16.0 Å². The van der Waals surface area contributed by atoms with Crippen LogP contribution in [0.5, 0.6) is 0 Å². The number of nitrogens with zero attached hydrogens (tertiary/aromatic N) is 3. The van der Waals surface area contributed by atoms with Crippen molar-refractivity contribution < 1.29 is 0 Å². The Morgan fingerprint density at radius 3 is 2.45 bits per heavy atom. The number of nitrogens with two attached hydrogens (primary N) is 1. The van der Waals surface area contributed by atoms with Crippen LogP contribution in [-0.2, 0) is 0 Å². The van der Waals surface area contributed by atoms with Gasteiger partial charge in [-0.2, -0.15) is 4.98 Å². The highest BCUT2D eigenvalue weighted by atomic mass is 35.5. The number of benzene rings is 1. The zero-order valence-corrected chi connectivity index (χ0v) is 11.8. The van der Waals surface area contributed by atoms with E-state index in [-0.39, 0.29) is 5.95 Å². The molecule has 0 saturated carbocycles. The van der Waals surface area contributed by atoms with Gasteiger partial charge in [-0.1, -0.05) is 11.6 Å². The molecule has 0 bridgehead atoms. The lowest BCUT2D eigenvalue weighted by Crippen LogP contribution is -2.17. The molecule has 2 aromatic rings. The molecule has 1 aliphatic rings. The molecule has 1 saturated heterocycles. The van der Waals surface area contributed by atoms with Crippen molar-refractivity contribution in [3.05, 3.63) is 35.5 Å². The maximum atomic E-state index is 5.85. The van der Waals surface area contributed by atoms with Crippen molar-refractivity contribution in [2.75, 3.05) is 29.0 Å².